The Bertz CT molecular complexity index is 646. The molecule has 0 aromatic heterocycles. The van der Waals surface area contributed by atoms with E-state index in [4.69, 9.17) is 9.47 Å². The molecule has 0 radical (unpaired) electrons. The van der Waals surface area contributed by atoms with Crippen LogP contribution in [0.25, 0.3) is 0 Å². The zero-order valence-electron chi connectivity index (χ0n) is 13.8. The van der Waals surface area contributed by atoms with Crippen LogP contribution in [0.5, 0.6) is 11.5 Å². The van der Waals surface area contributed by atoms with Crippen LogP contribution in [0.3, 0.4) is 0 Å². The minimum atomic E-state index is -0.435. The molecule has 0 saturated heterocycles. The van der Waals surface area contributed by atoms with Crippen molar-refractivity contribution in [2.45, 2.75) is 45.3 Å². The van der Waals surface area contributed by atoms with E-state index in [1.165, 1.54) is 16.7 Å². The lowest BCUT2D eigenvalue weighted by Gasteiger charge is -2.13. The summed E-state index contributed by atoms with van der Waals surface area (Å²) in [6, 6.07) is 14.7. The Kier molecular flexibility index (Phi) is 4.87. The molecule has 1 aliphatic heterocycles. The fraction of sp³-hybridized carbons (Fsp3) is 0.400. The van der Waals surface area contributed by atoms with Gasteiger partial charge in [-0.15, -0.1) is 0 Å². The second-order valence-electron chi connectivity index (χ2n) is 6.12. The van der Waals surface area contributed by atoms with Gasteiger partial charge >= 0.3 is 0 Å². The highest BCUT2D eigenvalue weighted by atomic mass is 16.5. The molecule has 0 bridgehead atoms. The zero-order chi connectivity index (χ0) is 16.2. The van der Waals surface area contributed by atoms with E-state index in [9.17, 15) is 5.11 Å². The molecular formula is C20H24O3. The molecule has 3 nitrogen and oxygen atoms in total. The van der Waals surface area contributed by atoms with E-state index in [1.807, 2.05) is 19.1 Å². The molecule has 2 aromatic rings. The van der Waals surface area contributed by atoms with Gasteiger partial charge in [-0.2, -0.15) is 0 Å². The number of benzene rings is 2. The summed E-state index contributed by atoms with van der Waals surface area (Å²) in [4.78, 5) is 0. The topological polar surface area (TPSA) is 38.7 Å². The first kappa shape index (κ1) is 15.9. The van der Waals surface area contributed by atoms with Crippen molar-refractivity contribution in [3.63, 3.8) is 0 Å². The summed E-state index contributed by atoms with van der Waals surface area (Å²) in [6.07, 6.45) is 2.22. The molecule has 2 atom stereocenters. The summed E-state index contributed by atoms with van der Waals surface area (Å²) in [5.41, 5.74) is 3.77. The molecule has 1 heterocycles. The van der Waals surface area contributed by atoms with Gasteiger partial charge in [0.15, 0.2) is 0 Å². The maximum atomic E-state index is 9.67. The number of aliphatic hydroxyl groups excluding tert-OH is 1. The lowest BCUT2D eigenvalue weighted by atomic mass is 10.0. The number of hydrogen-bond acceptors (Lipinski definition) is 3. The van der Waals surface area contributed by atoms with Gasteiger partial charge in [0.05, 0.1) is 12.7 Å². The monoisotopic (exact) mass is 312 g/mol. The average Bonchev–Trinajstić information content (AvgIpc) is 2.98. The number of aliphatic hydroxyl groups is 1. The van der Waals surface area contributed by atoms with Crippen molar-refractivity contribution in [2.24, 2.45) is 0 Å². The molecule has 0 spiro atoms. The predicted molar refractivity (Wildman–Crippen MR) is 91.3 cm³/mol. The normalized spacial score (nSPS) is 17.4. The first-order valence-corrected chi connectivity index (χ1v) is 8.34. The maximum absolute atomic E-state index is 9.67. The van der Waals surface area contributed by atoms with Crippen molar-refractivity contribution in [1.29, 1.82) is 0 Å². The van der Waals surface area contributed by atoms with Gasteiger partial charge in [-0.25, -0.2) is 0 Å². The second-order valence-corrected chi connectivity index (χ2v) is 6.12. The number of aryl methyl sites for hydroxylation is 2. The maximum Gasteiger partial charge on any atom is 0.128 e. The first-order chi connectivity index (χ1) is 11.2. The molecule has 2 unspecified atom stereocenters. The van der Waals surface area contributed by atoms with E-state index in [-0.39, 0.29) is 6.10 Å². The minimum Gasteiger partial charge on any atom is -0.494 e. The van der Waals surface area contributed by atoms with Crippen molar-refractivity contribution in [3.8, 4) is 11.5 Å². The second kappa shape index (κ2) is 7.05. The fourth-order valence-corrected chi connectivity index (χ4v) is 2.93. The molecule has 3 heteroatoms. The van der Waals surface area contributed by atoms with Crippen molar-refractivity contribution >= 4 is 0 Å². The number of ether oxygens (including phenoxy) is 2. The Hall–Kier alpha value is -2.00. The van der Waals surface area contributed by atoms with Crippen molar-refractivity contribution < 1.29 is 14.6 Å². The molecule has 122 valence electrons. The lowest BCUT2D eigenvalue weighted by Crippen LogP contribution is -2.26. The summed E-state index contributed by atoms with van der Waals surface area (Å²) in [5, 5.41) is 9.67. The van der Waals surface area contributed by atoms with Gasteiger partial charge in [0.1, 0.15) is 17.6 Å². The molecule has 0 saturated carbocycles. The van der Waals surface area contributed by atoms with Gasteiger partial charge in [-0.3, -0.25) is 0 Å². The van der Waals surface area contributed by atoms with Gasteiger partial charge in [0.25, 0.3) is 0 Å². The summed E-state index contributed by atoms with van der Waals surface area (Å²) in [7, 11) is 0. The Balaban J connectivity index is 1.60. The summed E-state index contributed by atoms with van der Waals surface area (Å²) in [5.74, 6) is 1.85. The van der Waals surface area contributed by atoms with Gasteiger partial charge in [-0.05, 0) is 61.6 Å². The van der Waals surface area contributed by atoms with Crippen molar-refractivity contribution in [2.75, 3.05) is 6.61 Å². The van der Waals surface area contributed by atoms with E-state index >= 15 is 0 Å². The van der Waals surface area contributed by atoms with Crippen LogP contribution in [-0.4, -0.2) is 23.9 Å². The van der Waals surface area contributed by atoms with Crippen molar-refractivity contribution in [3.05, 3.63) is 59.2 Å². The third kappa shape index (κ3) is 3.85. The molecule has 3 rings (SSSR count). The Morgan fingerprint density at radius 3 is 2.52 bits per heavy atom. The standard InChI is InChI=1S/C20H24O3/c1-3-22-18-10-7-15(8-11-18)4-5-16-6-9-17-13-19(14(2)21)23-20(17)12-16/h6-12,14,19,21H,3-5,13H2,1-2H3. The summed E-state index contributed by atoms with van der Waals surface area (Å²) < 4.78 is 11.3. The highest BCUT2D eigenvalue weighted by Crippen LogP contribution is 2.31. The molecule has 1 N–H and O–H groups in total. The Morgan fingerprint density at radius 2 is 1.83 bits per heavy atom. The van der Waals surface area contributed by atoms with Crippen LogP contribution < -0.4 is 9.47 Å². The minimum absolute atomic E-state index is 0.105. The Morgan fingerprint density at radius 1 is 1.13 bits per heavy atom. The molecule has 0 aliphatic carbocycles. The van der Waals surface area contributed by atoms with E-state index in [0.717, 1.165) is 30.8 Å². The highest BCUT2D eigenvalue weighted by molar-refractivity contribution is 5.41. The molecule has 0 amide bonds. The lowest BCUT2D eigenvalue weighted by molar-refractivity contribution is 0.0632. The van der Waals surface area contributed by atoms with Crippen LogP contribution in [0, 0.1) is 0 Å². The number of fused-ring (bicyclic) bond motifs is 1. The smallest absolute Gasteiger partial charge is 0.128 e. The van der Waals surface area contributed by atoms with Crippen LogP contribution in [-0.2, 0) is 19.3 Å². The van der Waals surface area contributed by atoms with Crippen molar-refractivity contribution in [1.82, 2.24) is 0 Å². The predicted octanol–water partition coefficient (Wildman–Crippen LogP) is 3.55. The van der Waals surface area contributed by atoms with Crippen LogP contribution in [0.1, 0.15) is 30.5 Å². The van der Waals surface area contributed by atoms with E-state index in [1.54, 1.807) is 6.92 Å². The zero-order valence-corrected chi connectivity index (χ0v) is 13.8. The SMILES string of the molecule is CCOc1ccc(CCc2ccc3c(c2)OC(C(C)O)C3)cc1. The van der Waals surface area contributed by atoms with Crippen LogP contribution in [0.2, 0.25) is 0 Å². The molecule has 0 fully saturated rings. The van der Waals surface area contributed by atoms with Crippen LogP contribution in [0.15, 0.2) is 42.5 Å². The molecular weight excluding hydrogens is 288 g/mol. The highest BCUT2D eigenvalue weighted by Gasteiger charge is 2.26. The largest absolute Gasteiger partial charge is 0.494 e. The molecule has 2 aromatic carbocycles. The molecule has 1 aliphatic rings. The fourth-order valence-electron chi connectivity index (χ4n) is 2.93. The number of rotatable bonds is 6. The van der Waals surface area contributed by atoms with E-state index in [2.05, 4.69) is 30.3 Å². The van der Waals surface area contributed by atoms with Gasteiger partial charge in [-0.1, -0.05) is 24.3 Å². The molecule has 23 heavy (non-hydrogen) atoms. The Labute approximate surface area is 137 Å². The average molecular weight is 312 g/mol. The van der Waals surface area contributed by atoms with Gasteiger partial charge < -0.3 is 14.6 Å². The quantitative estimate of drug-likeness (QED) is 0.886. The first-order valence-electron chi connectivity index (χ1n) is 8.34. The summed E-state index contributed by atoms with van der Waals surface area (Å²) >= 11 is 0. The van der Waals surface area contributed by atoms with Gasteiger partial charge in [0, 0.05) is 6.42 Å². The van der Waals surface area contributed by atoms with Crippen LogP contribution in [0.4, 0.5) is 0 Å². The van der Waals surface area contributed by atoms with E-state index in [0.29, 0.717) is 6.61 Å². The third-order valence-corrected chi connectivity index (χ3v) is 4.31. The van der Waals surface area contributed by atoms with Crippen LogP contribution >= 0.6 is 0 Å². The number of hydrogen-bond donors (Lipinski definition) is 1. The van der Waals surface area contributed by atoms with E-state index < -0.39 is 6.10 Å². The van der Waals surface area contributed by atoms with Gasteiger partial charge in [0.2, 0.25) is 0 Å². The third-order valence-electron chi connectivity index (χ3n) is 4.31. The summed E-state index contributed by atoms with van der Waals surface area (Å²) in [6.45, 7) is 4.47.